The molecule has 1 fully saturated rings. The van der Waals surface area contributed by atoms with Crippen LogP contribution in [0.1, 0.15) is 55.8 Å². The molecule has 138 valence electrons. The minimum atomic E-state index is -0.174. The van der Waals surface area contributed by atoms with Gasteiger partial charge in [-0.05, 0) is 44.4 Å². The third-order valence-corrected chi connectivity index (χ3v) is 4.29. The van der Waals surface area contributed by atoms with Crippen molar-refractivity contribution in [1.29, 1.82) is 0 Å². The second-order valence-electron chi connectivity index (χ2n) is 6.40. The summed E-state index contributed by atoms with van der Waals surface area (Å²) in [6.45, 7) is 4.11. The van der Waals surface area contributed by atoms with E-state index < -0.39 is 0 Å². The molecule has 0 unspecified atom stereocenters. The fourth-order valence-electron chi connectivity index (χ4n) is 2.98. The molecule has 0 atom stereocenters. The highest BCUT2D eigenvalue weighted by Gasteiger charge is 2.14. The first-order chi connectivity index (χ1) is 12.2. The van der Waals surface area contributed by atoms with Gasteiger partial charge in [-0.2, -0.15) is 0 Å². The Labute approximate surface area is 150 Å². The Morgan fingerprint density at radius 1 is 1.24 bits per heavy atom. The zero-order chi connectivity index (χ0) is 17.9. The van der Waals surface area contributed by atoms with Gasteiger partial charge in [-0.25, -0.2) is 0 Å². The summed E-state index contributed by atoms with van der Waals surface area (Å²) < 4.78 is 0. The summed E-state index contributed by atoms with van der Waals surface area (Å²) in [6.07, 6.45) is 7.11. The summed E-state index contributed by atoms with van der Waals surface area (Å²) in [6, 6.07) is 6.88. The van der Waals surface area contributed by atoms with Gasteiger partial charge >= 0.3 is 0 Å². The predicted molar refractivity (Wildman–Crippen MR) is 101 cm³/mol. The Balaban J connectivity index is 1.71. The van der Waals surface area contributed by atoms with Crippen LogP contribution < -0.4 is 16.0 Å². The molecule has 0 saturated heterocycles. The number of hydrogen-bond donors (Lipinski definition) is 4. The lowest BCUT2D eigenvalue weighted by Gasteiger charge is -2.24. The maximum atomic E-state index is 12.0. The smallest absolute Gasteiger partial charge is 0.251 e. The number of carbonyl (C=O) groups is 1. The molecule has 0 aromatic heterocycles. The third-order valence-electron chi connectivity index (χ3n) is 4.29. The lowest BCUT2D eigenvalue weighted by Crippen LogP contribution is -2.44. The van der Waals surface area contributed by atoms with E-state index in [0.29, 0.717) is 24.7 Å². The fourth-order valence-corrected chi connectivity index (χ4v) is 2.98. The lowest BCUT2D eigenvalue weighted by atomic mass is 9.96. The Bertz CT molecular complexity index is 568. The number of amides is 1. The largest absolute Gasteiger partial charge is 0.508 e. The van der Waals surface area contributed by atoms with Crippen LogP contribution in [0.15, 0.2) is 29.3 Å². The van der Waals surface area contributed by atoms with Gasteiger partial charge in [-0.3, -0.25) is 9.79 Å². The highest BCUT2D eigenvalue weighted by Crippen LogP contribution is 2.17. The van der Waals surface area contributed by atoms with E-state index in [-0.39, 0.29) is 11.7 Å². The van der Waals surface area contributed by atoms with E-state index >= 15 is 0 Å². The zero-order valence-electron chi connectivity index (χ0n) is 15.1. The van der Waals surface area contributed by atoms with E-state index in [1.54, 1.807) is 18.2 Å². The van der Waals surface area contributed by atoms with E-state index in [4.69, 9.17) is 0 Å². The number of guanidine groups is 1. The molecule has 6 heteroatoms. The van der Waals surface area contributed by atoms with E-state index in [9.17, 15) is 9.90 Å². The number of phenolic OH excluding ortho intramolecular Hbond substituents is 1. The van der Waals surface area contributed by atoms with Gasteiger partial charge in [0.05, 0.1) is 0 Å². The summed E-state index contributed by atoms with van der Waals surface area (Å²) in [5.74, 6) is 0.794. The van der Waals surface area contributed by atoms with Crippen LogP contribution in [0, 0.1) is 0 Å². The number of aliphatic imine (C=N–C) groups is 1. The fraction of sp³-hybridized carbons (Fsp3) is 0.579. The van der Waals surface area contributed by atoms with E-state index in [1.807, 2.05) is 0 Å². The molecule has 0 bridgehead atoms. The number of nitrogens with one attached hydrogen (secondary N) is 3. The maximum absolute atomic E-state index is 12.0. The molecule has 2 rings (SSSR count). The first-order valence-corrected chi connectivity index (χ1v) is 9.31. The molecular formula is C19H30N4O2. The van der Waals surface area contributed by atoms with E-state index in [1.165, 1.54) is 38.2 Å². The van der Waals surface area contributed by atoms with Crippen LogP contribution in [0.5, 0.6) is 5.75 Å². The predicted octanol–water partition coefficient (Wildman–Crippen LogP) is 2.40. The van der Waals surface area contributed by atoms with Crippen LogP contribution >= 0.6 is 0 Å². The maximum Gasteiger partial charge on any atom is 0.251 e. The number of rotatable bonds is 7. The van der Waals surface area contributed by atoms with Crippen LogP contribution in [0.3, 0.4) is 0 Å². The number of aromatic hydroxyl groups is 1. The topological polar surface area (TPSA) is 85.8 Å². The van der Waals surface area contributed by atoms with Gasteiger partial charge in [0.25, 0.3) is 5.91 Å². The quantitative estimate of drug-likeness (QED) is 0.347. The van der Waals surface area contributed by atoms with Crippen molar-refractivity contribution in [1.82, 2.24) is 16.0 Å². The minimum Gasteiger partial charge on any atom is -0.508 e. The molecule has 1 saturated carbocycles. The highest BCUT2D eigenvalue weighted by molar-refractivity contribution is 5.94. The summed E-state index contributed by atoms with van der Waals surface area (Å²) in [5.41, 5.74) is 0.468. The van der Waals surface area contributed by atoms with Crippen molar-refractivity contribution >= 4 is 11.9 Å². The average molecular weight is 346 g/mol. The van der Waals surface area contributed by atoms with Crippen LogP contribution in [-0.4, -0.2) is 42.6 Å². The summed E-state index contributed by atoms with van der Waals surface area (Å²) in [5, 5.41) is 19.1. The molecule has 6 nitrogen and oxygen atoms in total. The molecule has 25 heavy (non-hydrogen) atoms. The van der Waals surface area contributed by atoms with Gasteiger partial charge in [0.2, 0.25) is 0 Å². The monoisotopic (exact) mass is 346 g/mol. The van der Waals surface area contributed by atoms with Crippen LogP contribution in [-0.2, 0) is 0 Å². The SMILES string of the molecule is CCNC(=NCCCNC(=O)c1cccc(O)c1)NC1CCCCC1. The molecule has 0 spiro atoms. The molecule has 0 heterocycles. The molecular weight excluding hydrogens is 316 g/mol. The van der Waals surface area contributed by atoms with Crippen molar-refractivity contribution < 1.29 is 9.90 Å². The van der Waals surface area contributed by atoms with Crippen LogP contribution in [0.25, 0.3) is 0 Å². The summed E-state index contributed by atoms with van der Waals surface area (Å²) in [4.78, 5) is 16.6. The van der Waals surface area contributed by atoms with Gasteiger partial charge in [0.15, 0.2) is 5.96 Å². The standard InChI is InChI=1S/C19H30N4O2/c1-2-20-19(23-16-9-4-3-5-10-16)22-13-7-12-21-18(25)15-8-6-11-17(24)14-15/h6,8,11,14,16,24H,2-5,7,9-10,12-13H2,1H3,(H,21,25)(H2,20,22,23). The Kier molecular flexibility index (Phi) is 8.09. The van der Waals surface area contributed by atoms with Gasteiger partial charge in [0, 0.05) is 31.2 Å². The van der Waals surface area contributed by atoms with Crippen molar-refractivity contribution in [3.05, 3.63) is 29.8 Å². The Morgan fingerprint density at radius 3 is 2.76 bits per heavy atom. The normalized spacial score (nSPS) is 15.6. The van der Waals surface area contributed by atoms with Gasteiger partial charge in [-0.15, -0.1) is 0 Å². The molecule has 1 aliphatic rings. The number of benzene rings is 1. The Hall–Kier alpha value is -2.24. The van der Waals surface area contributed by atoms with Gasteiger partial charge in [0.1, 0.15) is 5.75 Å². The minimum absolute atomic E-state index is 0.0984. The molecule has 1 aromatic carbocycles. The second kappa shape index (κ2) is 10.6. The lowest BCUT2D eigenvalue weighted by molar-refractivity contribution is 0.0953. The van der Waals surface area contributed by atoms with E-state index in [0.717, 1.165) is 18.9 Å². The van der Waals surface area contributed by atoms with Crippen molar-refractivity contribution in [2.45, 2.75) is 51.5 Å². The third kappa shape index (κ3) is 7.03. The van der Waals surface area contributed by atoms with E-state index in [2.05, 4.69) is 27.9 Å². The van der Waals surface area contributed by atoms with Gasteiger partial charge < -0.3 is 21.1 Å². The molecule has 1 amide bonds. The van der Waals surface area contributed by atoms with Crippen molar-refractivity contribution in [2.24, 2.45) is 4.99 Å². The molecule has 4 N–H and O–H groups in total. The second-order valence-corrected chi connectivity index (χ2v) is 6.40. The number of phenols is 1. The summed E-state index contributed by atoms with van der Waals surface area (Å²) in [7, 11) is 0. The summed E-state index contributed by atoms with van der Waals surface area (Å²) >= 11 is 0. The molecule has 0 radical (unpaired) electrons. The number of nitrogens with zero attached hydrogens (tertiary/aromatic N) is 1. The molecule has 1 aromatic rings. The molecule has 0 aliphatic heterocycles. The highest BCUT2D eigenvalue weighted by atomic mass is 16.3. The first kappa shape index (κ1) is 19.1. The zero-order valence-corrected chi connectivity index (χ0v) is 15.1. The van der Waals surface area contributed by atoms with Crippen molar-refractivity contribution in [3.63, 3.8) is 0 Å². The van der Waals surface area contributed by atoms with Crippen molar-refractivity contribution in [3.8, 4) is 5.75 Å². The number of carbonyl (C=O) groups excluding carboxylic acids is 1. The Morgan fingerprint density at radius 2 is 2.04 bits per heavy atom. The van der Waals surface area contributed by atoms with Crippen molar-refractivity contribution in [2.75, 3.05) is 19.6 Å². The first-order valence-electron chi connectivity index (χ1n) is 9.31. The average Bonchev–Trinajstić information content (AvgIpc) is 2.62. The number of hydrogen-bond acceptors (Lipinski definition) is 3. The molecule has 1 aliphatic carbocycles. The van der Waals surface area contributed by atoms with Crippen LogP contribution in [0.4, 0.5) is 0 Å². The van der Waals surface area contributed by atoms with Gasteiger partial charge in [-0.1, -0.05) is 25.3 Å². The van der Waals surface area contributed by atoms with Crippen LogP contribution in [0.2, 0.25) is 0 Å².